The number of rotatable bonds is 5. The smallest absolute Gasteiger partial charge is 0.239 e. The monoisotopic (exact) mass is 306 g/mol. The lowest BCUT2D eigenvalue weighted by atomic mass is 10.1. The number of carbonyl (C=O) groups is 1. The van der Waals surface area contributed by atoms with Gasteiger partial charge in [0.2, 0.25) is 5.91 Å². The van der Waals surface area contributed by atoms with Gasteiger partial charge in [-0.15, -0.1) is 0 Å². The van der Waals surface area contributed by atoms with E-state index in [0.29, 0.717) is 18.2 Å². The molecule has 1 aliphatic heterocycles. The largest absolute Gasteiger partial charge is 0.504 e. The van der Waals surface area contributed by atoms with Crippen molar-refractivity contribution in [1.82, 2.24) is 9.80 Å². The first-order valence-electron chi connectivity index (χ1n) is 7.81. The van der Waals surface area contributed by atoms with Crippen molar-refractivity contribution < 1.29 is 14.6 Å². The van der Waals surface area contributed by atoms with E-state index in [9.17, 15) is 9.90 Å². The maximum absolute atomic E-state index is 12.5. The molecule has 0 saturated carbocycles. The molecular weight excluding hydrogens is 280 g/mol. The molecule has 0 aromatic heterocycles. The lowest BCUT2D eigenvalue weighted by Crippen LogP contribution is -2.56. The maximum Gasteiger partial charge on any atom is 0.239 e. The predicted molar refractivity (Wildman–Crippen MR) is 85.9 cm³/mol. The highest BCUT2D eigenvalue weighted by Crippen LogP contribution is 2.31. The first-order valence-corrected chi connectivity index (χ1v) is 7.81. The molecule has 0 spiro atoms. The molecule has 1 atom stereocenters. The number of piperazine rings is 1. The summed E-state index contributed by atoms with van der Waals surface area (Å²) in [5.74, 6) is 1.27. The zero-order valence-corrected chi connectivity index (χ0v) is 13.9. The second-order valence-corrected chi connectivity index (χ2v) is 6.29. The van der Waals surface area contributed by atoms with Crippen LogP contribution in [0.1, 0.15) is 26.3 Å². The SMILES string of the molecule is COc1cccc(CN2CCN(CC(C)C)C(=O)C2C)c1O. The van der Waals surface area contributed by atoms with Crippen LogP contribution in [0.15, 0.2) is 18.2 Å². The lowest BCUT2D eigenvalue weighted by Gasteiger charge is -2.39. The van der Waals surface area contributed by atoms with Crippen LogP contribution in [0.4, 0.5) is 0 Å². The van der Waals surface area contributed by atoms with Crippen molar-refractivity contribution in [3.05, 3.63) is 23.8 Å². The molecule has 1 N–H and O–H groups in total. The van der Waals surface area contributed by atoms with Crippen LogP contribution < -0.4 is 4.74 Å². The Labute approximate surface area is 132 Å². The molecule has 1 aromatic carbocycles. The van der Waals surface area contributed by atoms with Gasteiger partial charge in [-0.2, -0.15) is 0 Å². The molecule has 1 heterocycles. The number of aromatic hydroxyl groups is 1. The van der Waals surface area contributed by atoms with Crippen molar-refractivity contribution >= 4 is 5.91 Å². The molecular formula is C17H26N2O3. The zero-order chi connectivity index (χ0) is 16.3. The van der Waals surface area contributed by atoms with Crippen LogP contribution in [-0.2, 0) is 11.3 Å². The summed E-state index contributed by atoms with van der Waals surface area (Å²) in [6, 6.07) is 5.29. The fourth-order valence-electron chi connectivity index (χ4n) is 2.89. The van der Waals surface area contributed by atoms with Gasteiger partial charge in [-0.1, -0.05) is 26.0 Å². The number of phenols is 1. The van der Waals surface area contributed by atoms with Crippen LogP contribution in [0.3, 0.4) is 0 Å². The molecule has 1 unspecified atom stereocenters. The molecule has 1 fully saturated rings. The molecule has 22 heavy (non-hydrogen) atoms. The lowest BCUT2D eigenvalue weighted by molar-refractivity contribution is -0.141. The third kappa shape index (κ3) is 3.53. The topological polar surface area (TPSA) is 53.0 Å². The Hall–Kier alpha value is -1.75. The van der Waals surface area contributed by atoms with Crippen molar-refractivity contribution in [2.45, 2.75) is 33.4 Å². The Balaban J connectivity index is 2.07. The summed E-state index contributed by atoms with van der Waals surface area (Å²) in [5.41, 5.74) is 0.788. The summed E-state index contributed by atoms with van der Waals surface area (Å²) in [6.07, 6.45) is 0. The van der Waals surface area contributed by atoms with E-state index in [2.05, 4.69) is 18.7 Å². The predicted octanol–water partition coefficient (Wildman–Crippen LogP) is 2.09. The van der Waals surface area contributed by atoms with E-state index in [-0.39, 0.29) is 17.7 Å². The van der Waals surface area contributed by atoms with Gasteiger partial charge in [-0.25, -0.2) is 0 Å². The minimum atomic E-state index is -0.168. The second kappa shape index (κ2) is 7.01. The molecule has 1 amide bonds. The molecule has 1 aromatic rings. The summed E-state index contributed by atoms with van der Waals surface area (Å²) in [6.45, 7) is 9.10. The third-order valence-corrected chi connectivity index (χ3v) is 4.14. The van der Waals surface area contributed by atoms with Crippen LogP contribution in [0.25, 0.3) is 0 Å². The summed E-state index contributed by atoms with van der Waals surface area (Å²) < 4.78 is 5.14. The van der Waals surface area contributed by atoms with Crippen LogP contribution in [0, 0.1) is 5.92 Å². The van der Waals surface area contributed by atoms with Gasteiger partial charge >= 0.3 is 0 Å². The van der Waals surface area contributed by atoms with Gasteiger partial charge in [0.15, 0.2) is 11.5 Å². The highest BCUT2D eigenvalue weighted by molar-refractivity contribution is 5.82. The molecule has 5 heteroatoms. The Morgan fingerprint density at radius 3 is 2.73 bits per heavy atom. The molecule has 0 bridgehead atoms. The number of hydrogen-bond acceptors (Lipinski definition) is 4. The molecule has 1 aliphatic rings. The van der Waals surface area contributed by atoms with E-state index in [1.165, 1.54) is 7.11 Å². The van der Waals surface area contributed by atoms with Gasteiger partial charge in [0.05, 0.1) is 13.2 Å². The quantitative estimate of drug-likeness (QED) is 0.905. The van der Waals surface area contributed by atoms with Gasteiger partial charge in [0.1, 0.15) is 0 Å². The first kappa shape index (κ1) is 16.6. The van der Waals surface area contributed by atoms with Gasteiger partial charge in [-0.05, 0) is 18.9 Å². The fourth-order valence-corrected chi connectivity index (χ4v) is 2.89. The molecule has 122 valence electrons. The normalized spacial score (nSPS) is 19.8. The Morgan fingerprint density at radius 1 is 1.36 bits per heavy atom. The van der Waals surface area contributed by atoms with Crippen LogP contribution in [-0.4, -0.2) is 53.6 Å². The van der Waals surface area contributed by atoms with E-state index in [0.717, 1.165) is 25.2 Å². The number of para-hydroxylation sites is 1. The van der Waals surface area contributed by atoms with E-state index in [1.54, 1.807) is 6.07 Å². The van der Waals surface area contributed by atoms with E-state index >= 15 is 0 Å². The number of methoxy groups -OCH3 is 1. The summed E-state index contributed by atoms with van der Waals surface area (Å²) in [4.78, 5) is 16.5. The average molecular weight is 306 g/mol. The van der Waals surface area contributed by atoms with Crippen molar-refractivity contribution in [1.29, 1.82) is 0 Å². The molecule has 0 radical (unpaired) electrons. The number of benzene rings is 1. The highest BCUT2D eigenvalue weighted by atomic mass is 16.5. The second-order valence-electron chi connectivity index (χ2n) is 6.29. The molecule has 0 aliphatic carbocycles. The number of amides is 1. The summed E-state index contributed by atoms with van der Waals surface area (Å²) >= 11 is 0. The molecule has 2 rings (SSSR count). The van der Waals surface area contributed by atoms with Crippen LogP contribution in [0.5, 0.6) is 11.5 Å². The number of ether oxygens (including phenoxy) is 1. The number of nitrogens with zero attached hydrogens (tertiary/aromatic N) is 2. The van der Waals surface area contributed by atoms with E-state index in [1.807, 2.05) is 24.0 Å². The van der Waals surface area contributed by atoms with Gasteiger partial charge in [-0.3, -0.25) is 9.69 Å². The third-order valence-electron chi connectivity index (χ3n) is 4.14. The Bertz CT molecular complexity index is 531. The summed E-state index contributed by atoms with van der Waals surface area (Å²) in [5, 5.41) is 10.2. The minimum absolute atomic E-state index is 0.161. The van der Waals surface area contributed by atoms with Crippen LogP contribution >= 0.6 is 0 Å². The van der Waals surface area contributed by atoms with E-state index < -0.39 is 0 Å². The van der Waals surface area contributed by atoms with Crippen molar-refractivity contribution in [2.75, 3.05) is 26.7 Å². The van der Waals surface area contributed by atoms with Crippen molar-refractivity contribution in [3.63, 3.8) is 0 Å². The Morgan fingerprint density at radius 2 is 2.09 bits per heavy atom. The van der Waals surface area contributed by atoms with Gasteiger partial charge < -0.3 is 14.7 Å². The average Bonchev–Trinajstić information content (AvgIpc) is 2.48. The number of carbonyl (C=O) groups excluding carboxylic acids is 1. The minimum Gasteiger partial charge on any atom is -0.504 e. The summed E-state index contributed by atoms with van der Waals surface area (Å²) in [7, 11) is 1.54. The number of hydrogen-bond donors (Lipinski definition) is 1. The molecule has 1 saturated heterocycles. The van der Waals surface area contributed by atoms with Crippen LogP contribution in [0.2, 0.25) is 0 Å². The standard InChI is InChI=1S/C17H26N2O3/c1-12(2)10-19-9-8-18(13(3)17(19)21)11-14-6-5-7-15(22-4)16(14)20/h5-7,12-13,20H,8-11H2,1-4H3. The van der Waals surface area contributed by atoms with Crippen molar-refractivity contribution in [2.24, 2.45) is 5.92 Å². The van der Waals surface area contributed by atoms with Gasteiger partial charge in [0.25, 0.3) is 0 Å². The maximum atomic E-state index is 12.5. The fraction of sp³-hybridized carbons (Fsp3) is 0.588. The molecule has 5 nitrogen and oxygen atoms in total. The Kier molecular flexibility index (Phi) is 5.29. The first-order chi connectivity index (χ1) is 10.4. The van der Waals surface area contributed by atoms with Crippen molar-refractivity contribution in [3.8, 4) is 11.5 Å². The zero-order valence-electron chi connectivity index (χ0n) is 13.9. The number of phenolic OH excluding ortho intramolecular Hbond substituents is 1. The highest BCUT2D eigenvalue weighted by Gasteiger charge is 2.31. The van der Waals surface area contributed by atoms with Gasteiger partial charge in [0, 0.05) is 31.7 Å². The van der Waals surface area contributed by atoms with E-state index in [4.69, 9.17) is 4.74 Å².